The molecule has 0 N–H and O–H groups in total. The van der Waals surface area contributed by atoms with Crippen LogP contribution in [-0.2, 0) is 10.8 Å². The van der Waals surface area contributed by atoms with Crippen LogP contribution in [0.25, 0.3) is 5.52 Å². The highest BCUT2D eigenvalue weighted by molar-refractivity contribution is 9.10. The smallest absolute Gasteiger partial charge is 0.204 e. The Balaban J connectivity index is 2.86. The fourth-order valence-corrected chi connectivity index (χ4v) is 2.10. The zero-order valence-electron chi connectivity index (χ0n) is 6.77. The summed E-state index contributed by atoms with van der Waals surface area (Å²) in [4.78, 5) is 8.02. The highest BCUT2D eigenvalue weighted by atomic mass is 79.9. The van der Waals surface area contributed by atoms with Crippen LogP contribution >= 0.6 is 15.9 Å². The number of halogens is 1. The molecule has 0 aliphatic rings. The second kappa shape index (κ2) is 3.19. The molecule has 0 amide bonds. The molecule has 68 valence electrons. The van der Waals surface area contributed by atoms with Crippen molar-refractivity contribution >= 4 is 32.2 Å². The molecule has 2 aromatic rings. The molecule has 0 spiro atoms. The van der Waals surface area contributed by atoms with Gasteiger partial charge in [0, 0.05) is 12.5 Å². The Morgan fingerprint density at radius 1 is 1.54 bits per heavy atom. The first-order valence-electron chi connectivity index (χ1n) is 3.50. The van der Waals surface area contributed by atoms with E-state index in [0.717, 1.165) is 9.99 Å². The highest BCUT2D eigenvalue weighted by Gasteiger charge is 2.07. The molecule has 2 heterocycles. The van der Waals surface area contributed by atoms with Gasteiger partial charge in [-0.3, -0.25) is 8.61 Å². The largest absolute Gasteiger partial charge is 0.275 e. The van der Waals surface area contributed by atoms with Gasteiger partial charge in [-0.05, 0) is 15.9 Å². The van der Waals surface area contributed by atoms with Crippen LogP contribution < -0.4 is 0 Å². The van der Waals surface area contributed by atoms with E-state index in [0.29, 0.717) is 5.16 Å². The average molecular weight is 260 g/mol. The summed E-state index contributed by atoms with van der Waals surface area (Å²) in [7, 11) is -1.10. The van der Waals surface area contributed by atoms with Crippen molar-refractivity contribution < 1.29 is 4.21 Å². The number of rotatable bonds is 1. The average Bonchev–Trinajstić information content (AvgIpc) is 2.53. The van der Waals surface area contributed by atoms with Crippen molar-refractivity contribution in [1.82, 2.24) is 14.4 Å². The molecule has 6 heteroatoms. The van der Waals surface area contributed by atoms with Gasteiger partial charge in [-0.25, -0.2) is 9.97 Å². The zero-order chi connectivity index (χ0) is 9.42. The summed E-state index contributed by atoms with van der Waals surface area (Å²) >= 11 is 3.34. The molecule has 0 bridgehead atoms. The van der Waals surface area contributed by atoms with E-state index >= 15 is 0 Å². The first-order chi connectivity index (χ1) is 6.20. The van der Waals surface area contributed by atoms with Crippen molar-refractivity contribution in [2.75, 3.05) is 6.26 Å². The number of nitrogens with zero attached hydrogens (tertiary/aromatic N) is 3. The third-order valence-corrected chi connectivity index (χ3v) is 3.06. The number of fused-ring (bicyclic) bond motifs is 1. The van der Waals surface area contributed by atoms with Crippen molar-refractivity contribution in [2.24, 2.45) is 0 Å². The van der Waals surface area contributed by atoms with E-state index in [1.54, 1.807) is 29.4 Å². The standard InChI is InChI=1S/C7H6BrN3OS/c1-13(12)7-10-2-5(8)6-3-9-4-11(6)7/h2-4H,1H3. The normalized spacial score (nSPS) is 13.4. The summed E-state index contributed by atoms with van der Waals surface area (Å²) in [5, 5.41) is 0.510. The molecule has 0 aliphatic carbocycles. The second-order valence-electron chi connectivity index (χ2n) is 2.49. The lowest BCUT2D eigenvalue weighted by molar-refractivity contribution is 0.676. The molecule has 0 aromatic carbocycles. The maximum absolute atomic E-state index is 11.3. The van der Waals surface area contributed by atoms with Crippen molar-refractivity contribution in [2.45, 2.75) is 5.16 Å². The third-order valence-electron chi connectivity index (χ3n) is 1.63. The van der Waals surface area contributed by atoms with Crippen LogP contribution in [-0.4, -0.2) is 24.8 Å². The quantitative estimate of drug-likeness (QED) is 0.724. The van der Waals surface area contributed by atoms with Gasteiger partial charge in [0.15, 0.2) is 0 Å². The number of imidazole rings is 1. The van der Waals surface area contributed by atoms with Gasteiger partial charge >= 0.3 is 0 Å². The molecule has 2 aromatic heterocycles. The Kier molecular flexibility index (Phi) is 2.17. The van der Waals surface area contributed by atoms with Gasteiger partial charge in [0.25, 0.3) is 0 Å². The fraction of sp³-hybridized carbons (Fsp3) is 0.143. The van der Waals surface area contributed by atoms with Crippen molar-refractivity contribution in [1.29, 1.82) is 0 Å². The van der Waals surface area contributed by atoms with Gasteiger partial charge < -0.3 is 0 Å². The van der Waals surface area contributed by atoms with E-state index in [9.17, 15) is 4.21 Å². The fourth-order valence-electron chi connectivity index (χ4n) is 1.08. The summed E-state index contributed by atoms with van der Waals surface area (Å²) in [6.07, 6.45) is 6.52. The Morgan fingerprint density at radius 2 is 2.31 bits per heavy atom. The van der Waals surface area contributed by atoms with E-state index in [1.165, 1.54) is 0 Å². The Hall–Kier alpha value is -0.750. The summed E-state index contributed by atoms with van der Waals surface area (Å²) in [6.45, 7) is 0. The molecule has 2 rings (SSSR count). The van der Waals surface area contributed by atoms with Gasteiger partial charge in [-0.2, -0.15) is 0 Å². The van der Waals surface area contributed by atoms with Gasteiger partial charge in [-0.15, -0.1) is 0 Å². The van der Waals surface area contributed by atoms with Crippen molar-refractivity contribution in [3.05, 3.63) is 23.2 Å². The molecule has 0 saturated heterocycles. The molecular weight excluding hydrogens is 254 g/mol. The van der Waals surface area contributed by atoms with Gasteiger partial charge in [0.05, 0.1) is 27.0 Å². The van der Waals surface area contributed by atoms with E-state index < -0.39 is 10.8 Å². The summed E-state index contributed by atoms with van der Waals surface area (Å²) < 4.78 is 13.8. The minimum absolute atomic E-state index is 0.510. The van der Waals surface area contributed by atoms with E-state index in [-0.39, 0.29) is 0 Å². The lowest BCUT2D eigenvalue weighted by Gasteiger charge is -2.01. The lowest BCUT2D eigenvalue weighted by Crippen LogP contribution is -2.01. The van der Waals surface area contributed by atoms with Crippen LogP contribution in [0.2, 0.25) is 0 Å². The Bertz CT molecular complexity index is 482. The van der Waals surface area contributed by atoms with E-state index in [1.807, 2.05) is 0 Å². The van der Waals surface area contributed by atoms with Gasteiger partial charge in [-0.1, -0.05) is 0 Å². The molecule has 1 unspecified atom stereocenters. The molecule has 0 radical (unpaired) electrons. The van der Waals surface area contributed by atoms with Crippen molar-refractivity contribution in [3.8, 4) is 0 Å². The number of hydrogen-bond donors (Lipinski definition) is 0. The van der Waals surface area contributed by atoms with Crippen LogP contribution in [0.3, 0.4) is 0 Å². The van der Waals surface area contributed by atoms with Crippen LogP contribution in [0.5, 0.6) is 0 Å². The molecule has 1 atom stereocenters. The zero-order valence-corrected chi connectivity index (χ0v) is 9.17. The summed E-state index contributed by atoms with van der Waals surface area (Å²) in [6, 6.07) is 0. The molecular formula is C7H6BrN3OS. The van der Waals surface area contributed by atoms with E-state index in [2.05, 4.69) is 25.9 Å². The molecule has 0 saturated carbocycles. The summed E-state index contributed by atoms with van der Waals surface area (Å²) in [5.41, 5.74) is 0.875. The maximum atomic E-state index is 11.3. The first kappa shape index (κ1) is 8.83. The minimum atomic E-state index is -1.10. The molecule has 13 heavy (non-hydrogen) atoms. The SMILES string of the molecule is CS(=O)c1ncc(Br)c2cncn12. The monoisotopic (exact) mass is 259 g/mol. The predicted octanol–water partition coefficient (Wildman–Crippen LogP) is 1.23. The van der Waals surface area contributed by atoms with Crippen LogP contribution in [0.1, 0.15) is 0 Å². The number of hydrogen-bond acceptors (Lipinski definition) is 3. The maximum Gasteiger partial charge on any atom is 0.204 e. The van der Waals surface area contributed by atoms with Crippen molar-refractivity contribution in [3.63, 3.8) is 0 Å². The topological polar surface area (TPSA) is 47.3 Å². The highest BCUT2D eigenvalue weighted by Crippen LogP contribution is 2.18. The first-order valence-corrected chi connectivity index (χ1v) is 5.85. The predicted molar refractivity (Wildman–Crippen MR) is 53.0 cm³/mol. The molecule has 4 nitrogen and oxygen atoms in total. The Labute approximate surface area is 85.6 Å². The van der Waals surface area contributed by atoms with Crippen LogP contribution in [0, 0.1) is 0 Å². The van der Waals surface area contributed by atoms with E-state index in [4.69, 9.17) is 0 Å². The second-order valence-corrected chi connectivity index (χ2v) is 4.62. The summed E-state index contributed by atoms with van der Waals surface area (Å²) in [5.74, 6) is 0. The molecule has 0 fully saturated rings. The van der Waals surface area contributed by atoms with Crippen LogP contribution in [0.4, 0.5) is 0 Å². The third kappa shape index (κ3) is 1.40. The van der Waals surface area contributed by atoms with Gasteiger partial charge in [0.1, 0.15) is 6.33 Å². The Morgan fingerprint density at radius 3 is 3.00 bits per heavy atom. The molecule has 0 aliphatic heterocycles. The number of aromatic nitrogens is 3. The van der Waals surface area contributed by atoms with Crippen LogP contribution in [0.15, 0.2) is 28.4 Å². The lowest BCUT2D eigenvalue weighted by atomic mass is 10.5. The minimum Gasteiger partial charge on any atom is -0.275 e. The van der Waals surface area contributed by atoms with Gasteiger partial charge in [0.2, 0.25) is 5.16 Å².